The predicted octanol–water partition coefficient (Wildman–Crippen LogP) is 3.38. The van der Waals surface area contributed by atoms with E-state index in [1.54, 1.807) is 17.4 Å². The fourth-order valence-electron chi connectivity index (χ4n) is 2.66. The zero-order valence-corrected chi connectivity index (χ0v) is 12.6. The minimum absolute atomic E-state index is 0.00801. The van der Waals surface area contributed by atoms with Gasteiger partial charge in [0, 0.05) is 18.7 Å². The lowest BCUT2D eigenvalue weighted by molar-refractivity contribution is -0.167. The number of anilines is 1. The topological polar surface area (TPSA) is 58.2 Å². The van der Waals surface area contributed by atoms with Gasteiger partial charge in [-0.25, -0.2) is 0 Å². The summed E-state index contributed by atoms with van der Waals surface area (Å²) < 4.78 is 36.4. The third-order valence-corrected chi connectivity index (χ3v) is 3.91. The van der Waals surface area contributed by atoms with Gasteiger partial charge in [0.25, 0.3) is 0 Å². The van der Waals surface area contributed by atoms with Crippen molar-refractivity contribution in [3.63, 3.8) is 0 Å². The van der Waals surface area contributed by atoms with Crippen molar-refractivity contribution in [2.45, 2.75) is 44.8 Å². The highest BCUT2D eigenvalue weighted by Crippen LogP contribution is 2.27. The number of nitrogens with one attached hydrogen (secondary N) is 2. The molecule has 0 unspecified atom stereocenters. The van der Waals surface area contributed by atoms with Crippen LogP contribution in [-0.4, -0.2) is 18.0 Å². The van der Waals surface area contributed by atoms with E-state index in [-0.39, 0.29) is 11.6 Å². The molecule has 0 radical (unpaired) electrons. The maximum absolute atomic E-state index is 12.1. The normalized spacial score (nSPS) is 15.4. The van der Waals surface area contributed by atoms with E-state index in [1.165, 1.54) is 25.0 Å². The van der Waals surface area contributed by atoms with Crippen molar-refractivity contribution in [3.8, 4) is 0 Å². The Morgan fingerprint density at radius 3 is 2.26 bits per heavy atom. The standard InChI is InChI=1S/C16H19F3N2O2/c17-16(18,19)15(23)21-13-7-5-12(6-8-13)10-20-14(22)9-11-3-1-2-4-11/h5-8,11H,1-4,9-10H2,(H,20,22)(H,21,23). The van der Waals surface area contributed by atoms with Gasteiger partial charge in [0.2, 0.25) is 5.91 Å². The second-order valence-corrected chi connectivity index (χ2v) is 5.78. The van der Waals surface area contributed by atoms with E-state index in [0.29, 0.717) is 18.9 Å². The molecular weight excluding hydrogens is 309 g/mol. The van der Waals surface area contributed by atoms with Crippen LogP contribution in [0.25, 0.3) is 0 Å². The number of alkyl halides is 3. The van der Waals surface area contributed by atoms with Crippen molar-refractivity contribution in [2.75, 3.05) is 5.32 Å². The first-order valence-electron chi connectivity index (χ1n) is 7.58. The quantitative estimate of drug-likeness (QED) is 0.870. The molecule has 1 fully saturated rings. The molecule has 23 heavy (non-hydrogen) atoms. The Labute approximate surface area is 132 Å². The fourth-order valence-corrected chi connectivity index (χ4v) is 2.66. The molecule has 0 heterocycles. The molecule has 0 aliphatic heterocycles. The Kier molecular flexibility index (Phi) is 5.63. The highest BCUT2D eigenvalue weighted by molar-refractivity contribution is 5.94. The number of carbonyl (C=O) groups excluding carboxylic acids is 2. The van der Waals surface area contributed by atoms with E-state index in [0.717, 1.165) is 18.4 Å². The van der Waals surface area contributed by atoms with Crippen LogP contribution in [0.2, 0.25) is 0 Å². The second kappa shape index (κ2) is 7.48. The lowest BCUT2D eigenvalue weighted by atomic mass is 10.0. The molecule has 7 heteroatoms. The van der Waals surface area contributed by atoms with Gasteiger partial charge in [0.05, 0.1) is 0 Å². The zero-order valence-electron chi connectivity index (χ0n) is 12.6. The molecule has 126 valence electrons. The van der Waals surface area contributed by atoms with Crippen LogP contribution in [-0.2, 0) is 16.1 Å². The van der Waals surface area contributed by atoms with Crippen molar-refractivity contribution in [3.05, 3.63) is 29.8 Å². The van der Waals surface area contributed by atoms with Crippen LogP contribution < -0.4 is 10.6 Å². The molecule has 1 aromatic carbocycles. The monoisotopic (exact) mass is 328 g/mol. The molecule has 1 saturated carbocycles. The van der Waals surface area contributed by atoms with Crippen LogP contribution >= 0.6 is 0 Å². The van der Waals surface area contributed by atoms with E-state index >= 15 is 0 Å². The molecule has 0 bridgehead atoms. The SMILES string of the molecule is O=C(CC1CCCC1)NCc1ccc(NC(=O)C(F)(F)F)cc1. The number of benzene rings is 1. The molecule has 1 aliphatic carbocycles. The Balaban J connectivity index is 1.78. The molecule has 0 aromatic heterocycles. The number of rotatable bonds is 5. The van der Waals surface area contributed by atoms with E-state index in [1.807, 2.05) is 0 Å². The van der Waals surface area contributed by atoms with Gasteiger partial charge in [-0.15, -0.1) is 0 Å². The summed E-state index contributed by atoms with van der Waals surface area (Å²) in [7, 11) is 0. The minimum atomic E-state index is -4.91. The molecule has 4 nitrogen and oxygen atoms in total. The molecule has 2 N–H and O–H groups in total. The Hall–Kier alpha value is -2.05. The van der Waals surface area contributed by atoms with Crippen LogP contribution in [0.1, 0.15) is 37.7 Å². The van der Waals surface area contributed by atoms with Gasteiger partial charge in [0.15, 0.2) is 0 Å². The lowest BCUT2D eigenvalue weighted by Crippen LogP contribution is -2.29. The first kappa shape index (κ1) is 17.3. The number of halogens is 3. The molecular formula is C16H19F3N2O2. The van der Waals surface area contributed by atoms with Gasteiger partial charge < -0.3 is 10.6 Å². The average molecular weight is 328 g/mol. The van der Waals surface area contributed by atoms with Gasteiger partial charge >= 0.3 is 12.1 Å². The van der Waals surface area contributed by atoms with Crippen molar-refractivity contribution >= 4 is 17.5 Å². The maximum Gasteiger partial charge on any atom is 0.471 e. The molecule has 0 atom stereocenters. The molecule has 1 aromatic rings. The van der Waals surface area contributed by atoms with Gasteiger partial charge in [-0.05, 0) is 36.5 Å². The van der Waals surface area contributed by atoms with Crippen molar-refractivity contribution < 1.29 is 22.8 Å². The van der Waals surface area contributed by atoms with E-state index in [2.05, 4.69) is 5.32 Å². The summed E-state index contributed by atoms with van der Waals surface area (Å²) in [5, 5.41) is 4.57. The Bertz CT molecular complexity index is 549. The molecule has 2 amide bonds. The van der Waals surface area contributed by atoms with Crippen LogP contribution in [0.4, 0.5) is 18.9 Å². The fraction of sp³-hybridized carbons (Fsp3) is 0.500. The first-order chi connectivity index (χ1) is 10.8. The molecule has 0 saturated heterocycles. The van der Waals surface area contributed by atoms with Gasteiger partial charge in [0.1, 0.15) is 0 Å². The third kappa shape index (κ3) is 5.58. The van der Waals surface area contributed by atoms with Crippen LogP contribution in [0, 0.1) is 5.92 Å². The predicted molar refractivity (Wildman–Crippen MR) is 79.5 cm³/mol. The van der Waals surface area contributed by atoms with E-state index < -0.39 is 12.1 Å². The maximum atomic E-state index is 12.1. The molecule has 1 aliphatic rings. The number of hydrogen-bond donors (Lipinski definition) is 2. The van der Waals surface area contributed by atoms with Gasteiger partial charge in [-0.2, -0.15) is 13.2 Å². The zero-order chi connectivity index (χ0) is 16.9. The minimum Gasteiger partial charge on any atom is -0.352 e. The Morgan fingerprint density at radius 1 is 1.09 bits per heavy atom. The summed E-state index contributed by atoms with van der Waals surface area (Å²) in [4.78, 5) is 22.6. The van der Waals surface area contributed by atoms with Gasteiger partial charge in [-0.3, -0.25) is 9.59 Å². The number of amides is 2. The van der Waals surface area contributed by atoms with E-state index in [9.17, 15) is 22.8 Å². The van der Waals surface area contributed by atoms with E-state index in [4.69, 9.17) is 0 Å². The summed E-state index contributed by atoms with van der Waals surface area (Å²) in [6.07, 6.45) is 0.181. The van der Waals surface area contributed by atoms with Crippen LogP contribution in [0.3, 0.4) is 0 Å². The van der Waals surface area contributed by atoms with Crippen LogP contribution in [0.15, 0.2) is 24.3 Å². The molecule has 0 spiro atoms. The average Bonchev–Trinajstić information content (AvgIpc) is 2.98. The highest BCUT2D eigenvalue weighted by atomic mass is 19.4. The first-order valence-corrected chi connectivity index (χ1v) is 7.58. The van der Waals surface area contributed by atoms with Gasteiger partial charge in [-0.1, -0.05) is 25.0 Å². The second-order valence-electron chi connectivity index (χ2n) is 5.78. The van der Waals surface area contributed by atoms with Crippen molar-refractivity contribution in [2.24, 2.45) is 5.92 Å². The summed E-state index contributed by atoms with van der Waals surface area (Å²) in [6.45, 7) is 0.319. The largest absolute Gasteiger partial charge is 0.471 e. The summed E-state index contributed by atoms with van der Waals surface area (Å²) in [5.41, 5.74) is 0.822. The number of carbonyl (C=O) groups is 2. The summed E-state index contributed by atoms with van der Waals surface area (Å²) in [6, 6.07) is 5.90. The number of hydrogen-bond acceptors (Lipinski definition) is 2. The third-order valence-electron chi connectivity index (χ3n) is 3.91. The summed E-state index contributed by atoms with van der Waals surface area (Å²) >= 11 is 0. The smallest absolute Gasteiger partial charge is 0.352 e. The van der Waals surface area contributed by atoms with Crippen LogP contribution in [0.5, 0.6) is 0 Å². The summed E-state index contributed by atoms with van der Waals surface area (Å²) in [5.74, 6) is -1.54. The Morgan fingerprint density at radius 2 is 1.70 bits per heavy atom. The molecule has 2 rings (SSSR count). The highest BCUT2D eigenvalue weighted by Gasteiger charge is 2.38. The van der Waals surface area contributed by atoms with Crippen molar-refractivity contribution in [1.82, 2.24) is 5.32 Å². The van der Waals surface area contributed by atoms with Crippen molar-refractivity contribution in [1.29, 1.82) is 0 Å². The lowest BCUT2D eigenvalue weighted by Gasteiger charge is -2.11.